The van der Waals surface area contributed by atoms with E-state index < -0.39 is 6.17 Å². The quantitative estimate of drug-likeness (QED) is 0.267. The lowest BCUT2D eigenvalue weighted by Crippen LogP contribution is -1.91. The van der Waals surface area contributed by atoms with Gasteiger partial charge in [0.2, 0.25) is 0 Å². The molecule has 3 rings (SSSR count). The van der Waals surface area contributed by atoms with E-state index in [1.54, 1.807) is 6.92 Å². The predicted molar refractivity (Wildman–Crippen MR) is 118 cm³/mol. The van der Waals surface area contributed by atoms with Crippen LogP contribution in [0.25, 0.3) is 22.5 Å². The summed E-state index contributed by atoms with van der Waals surface area (Å²) < 4.78 is 12.8. The van der Waals surface area contributed by atoms with Gasteiger partial charge in [-0.1, -0.05) is 54.3 Å². The number of allylic oxidation sites excluding steroid dienone is 1. The van der Waals surface area contributed by atoms with E-state index >= 15 is 0 Å². The second-order valence-corrected chi connectivity index (χ2v) is 7.05. The molecule has 146 valence electrons. The molecule has 1 atom stereocenters. The summed E-state index contributed by atoms with van der Waals surface area (Å²) in [4.78, 5) is 0. The maximum Gasteiger partial charge on any atom is 0.0973 e. The molecule has 3 heteroatoms. The number of unbranched alkanes of at least 4 members (excludes halogenated alkanes) is 1. The molecule has 2 aromatic carbocycles. The van der Waals surface area contributed by atoms with Crippen LogP contribution in [0.4, 0.5) is 4.39 Å². The van der Waals surface area contributed by atoms with Crippen LogP contribution in [0, 0.1) is 11.8 Å². The lowest BCUT2D eigenvalue weighted by molar-refractivity contribution is 0.336. The van der Waals surface area contributed by atoms with E-state index in [2.05, 4.69) is 52.9 Å². The Hall–Kier alpha value is -3.25. The van der Waals surface area contributed by atoms with Gasteiger partial charge in [-0.3, -0.25) is 0 Å². The minimum absolute atomic E-state index is 0.571. The van der Waals surface area contributed by atoms with Crippen LogP contribution >= 0.6 is 0 Å². The molecule has 0 saturated carbocycles. The maximum absolute atomic E-state index is 12.8. The van der Waals surface area contributed by atoms with Gasteiger partial charge in [0.25, 0.3) is 0 Å². The Kier molecular flexibility index (Phi) is 7.30. The van der Waals surface area contributed by atoms with Gasteiger partial charge in [-0.05, 0) is 56.0 Å². The Morgan fingerprint density at radius 1 is 0.931 bits per heavy atom. The number of nitrogens with zero attached hydrogens (tertiary/aromatic N) is 2. The van der Waals surface area contributed by atoms with Crippen molar-refractivity contribution in [3.8, 4) is 34.4 Å². The van der Waals surface area contributed by atoms with Crippen molar-refractivity contribution in [3.05, 3.63) is 84.4 Å². The molecular formula is C26H25FN2. The third-order valence-corrected chi connectivity index (χ3v) is 4.61. The van der Waals surface area contributed by atoms with Gasteiger partial charge in [-0.25, -0.2) is 4.39 Å². The topological polar surface area (TPSA) is 25.8 Å². The number of aromatic nitrogens is 2. The van der Waals surface area contributed by atoms with Crippen molar-refractivity contribution in [1.29, 1.82) is 0 Å². The lowest BCUT2D eigenvalue weighted by Gasteiger charge is -2.04. The summed E-state index contributed by atoms with van der Waals surface area (Å²) in [7, 11) is 0. The molecule has 0 fully saturated rings. The summed E-state index contributed by atoms with van der Waals surface area (Å²) in [6, 6.07) is 20.2. The van der Waals surface area contributed by atoms with Gasteiger partial charge >= 0.3 is 0 Å². The molecule has 1 heterocycles. The average Bonchev–Trinajstić information content (AvgIpc) is 2.75. The second kappa shape index (κ2) is 10.3. The highest BCUT2D eigenvalue weighted by atomic mass is 19.1. The van der Waals surface area contributed by atoms with Gasteiger partial charge in [0.1, 0.15) is 0 Å². The summed E-state index contributed by atoms with van der Waals surface area (Å²) >= 11 is 0. The molecule has 0 spiro atoms. The smallest absolute Gasteiger partial charge is 0.0973 e. The first kappa shape index (κ1) is 20.5. The summed E-state index contributed by atoms with van der Waals surface area (Å²) in [5.74, 6) is 6.23. The standard InChI is InChI=1S/C26H25FN2/c1-3-7-21-10-14-23(15-11-21)25-18-19-26(29-28-25)24-16-12-22(13-17-24)9-6-4-5-8-20(2)27/h3,10-20H,1,4-5,7-8H2,2H3. The molecule has 2 nitrogen and oxygen atoms in total. The molecule has 0 aliphatic heterocycles. The van der Waals surface area contributed by atoms with Gasteiger partial charge in [-0.2, -0.15) is 0 Å². The maximum atomic E-state index is 12.8. The zero-order valence-corrected chi connectivity index (χ0v) is 16.7. The molecule has 0 aliphatic rings. The van der Waals surface area contributed by atoms with Crippen molar-refractivity contribution in [1.82, 2.24) is 10.2 Å². The van der Waals surface area contributed by atoms with Gasteiger partial charge < -0.3 is 0 Å². The molecule has 1 aromatic heterocycles. The van der Waals surface area contributed by atoms with Crippen LogP contribution in [0.5, 0.6) is 0 Å². The fourth-order valence-corrected chi connectivity index (χ4v) is 2.98. The van der Waals surface area contributed by atoms with Crippen molar-refractivity contribution in [3.63, 3.8) is 0 Å². The molecule has 29 heavy (non-hydrogen) atoms. The summed E-state index contributed by atoms with van der Waals surface area (Å²) in [5, 5.41) is 8.76. The fourth-order valence-electron chi connectivity index (χ4n) is 2.98. The van der Waals surface area contributed by atoms with Gasteiger partial charge in [0.15, 0.2) is 0 Å². The average molecular weight is 384 g/mol. The third-order valence-electron chi connectivity index (χ3n) is 4.61. The summed E-state index contributed by atoms with van der Waals surface area (Å²) in [6.45, 7) is 5.35. The van der Waals surface area contributed by atoms with E-state index in [0.717, 1.165) is 47.3 Å². The Morgan fingerprint density at radius 2 is 1.52 bits per heavy atom. The Morgan fingerprint density at radius 3 is 2.03 bits per heavy atom. The molecule has 0 N–H and O–H groups in total. The van der Waals surface area contributed by atoms with Crippen LogP contribution in [0.15, 0.2) is 73.3 Å². The normalized spacial score (nSPS) is 11.4. The highest BCUT2D eigenvalue weighted by Crippen LogP contribution is 2.21. The van der Waals surface area contributed by atoms with Crippen molar-refractivity contribution in [2.75, 3.05) is 0 Å². The Balaban J connectivity index is 1.64. The fraction of sp³-hybridized carbons (Fsp3) is 0.231. The summed E-state index contributed by atoms with van der Waals surface area (Å²) in [5.41, 5.74) is 5.91. The molecule has 3 aromatic rings. The highest BCUT2D eigenvalue weighted by Gasteiger charge is 2.04. The number of hydrogen-bond acceptors (Lipinski definition) is 2. The molecule has 1 unspecified atom stereocenters. The zero-order valence-electron chi connectivity index (χ0n) is 16.7. The molecular weight excluding hydrogens is 359 g/mol. The number of rotatable bonds is 7. The van der Waals surface area contributed by atoms with Crippen LogP contribution in [-0.2, 0) is 6.42 Å². The van der Waals surface area contributed by atoms with E-state index in [4.69, 9.17) is 0 Å². The second-order valence-electron chi connectivity index (χ2n) is 7.05. The zero-order chi connectivity index (χ0) is 20.5. The number of benzene rings is 2. The van der Waals surface area contributed by atoms with E-state index in [9.17, 15) is 4.39 Å². The van der Waals surface area contributed by atoms with Gasteiger partial charge in [0, 0.05) is 23.1 Å². The minimum atomic E-state index is -0.750. The first-order valence-electron chi connectivity index (χ1n) is 9.93. The SMILES string of the molecule is C=CCc1ccc(-c2ccc(-c3ccc(C#CCCCC(C)F)cc3)nn2)cc1. The molecule has 0 saturated heterocycles. The highest BCUT2D eigenvalue weighted by molar-refractivity contribution is 5.64. The van der Waals surface area contributed by atoms with Crippen LogP contribution in [-0.4, -0.2) is 16.4 Å². The van der Waals surface area contributed by atoms with Crippen molar-refractivity contribution >= 4 is 0 Å². The predicted octanol–water partition coefficient (Wildman–Crippen LogP) is 6.42. The van der Waals surface area contributed by atoms with Crippen LogP contribution < -0.4 is 0 Å². The molecule has 0 radical (unpaired) electrons. The van der Waals surface area contributed by atoms with Crippen molar-refractivity contribution in [2.24, 2.45) is 0 Å². The van der Waals surface area contributed by atoms with Crippen LogP contribution in [0.2, 0.25) is 0 Å². The molecule has 0 aliphatic carbocycles. The van der Waals surface area contributed by atoms with Gasteiger partial charge in [0.05, 0.1) is 17.6 Å². The first-order valence-corrected chi connectivity index (χ1v) is 9.93. The third kappa shape index (κ3) is 6.12. The van der Waals surface area contributed by atoms with Gasteiger partial charge in [-0.15, -0.1) is 16.8 Å². The number of alkyl halides is 1. The van der Waals surface area contributed by atoms with E-state index in [-0.39, 0.29) is 0 Å². The van der Waals surface area contributed by atoms with E-state index in [1.165, 1.54) is 5.56 Å². The number of hydrogen-bond donors (Lipinski definition) is 0. The first-order chi connectivity index (χ1) is 14.2. The molecule has 0 amide bonds. The Labute approximate surface area is 172 Å². The minimum Gasteiger partial charge on any atom is -0.248 e. The monoisotopic (exact) mass is 384 g/mol. The Bertz CT molecular complexity index is 976. The van der Waals surface area contributed by atoms with E-state index in [1.807, 2.05) is 42.5 Å². The van der Waals surface area contributed by atoms with Crippen LogP contribution in [0.1, 0.15) is 37.3 Å². The van der Waals surface area contributed by atoms with Crippen LogP contribution in [0.3, 0.4) is 0 Å². The molecule has 0 bridgehead atoms. The largest absolute Gasteiger partial charge is 0.248 e. The number of halogens is 1. The van der Waals surface area contributed by atoms with Crippen molar-refractivity contribution in [2.45, 2.75) is 38.8 Å². The van der Waals surface area contributed by atoms with E-state index in [0.29, 0.717) is 6.42 Å². The van der Waals surface area contributed by atoms with Crippen molar-refractivity contribution < 1.29 is 4.39 Å². The lowest BCUT2D eigenvalue weighted by atomic mass is 10.1. The summed E-state index contributed by atoms with van der Waals surface area (Å²) in [6.07, 6.45) is 4.09.